The van der Waals surface area contributed by atoms with Crippen LogP contribution in [0.1, 0.15) is 27.9 Å². The fraction of sp³-hybridized carbons (Fsp3) is 0.143. The Labute approximate surface area is 183 Å². The number of nitrogens with zero attached hydrogens (tertiary/aromatic N) is 4. The summed E-state index contributed by atoms with van der Waals surface area (Å²) in [5.74, 6) is -0.544. The zero-order valence-corrected chi connectivity index (χ0v) is 17.4. The van der Waals surface area contributed by atoms with E-state index in [0.717, 1.165) is 15.2 Å². The van der Waals surface area contributed by atoms with Crippen LogP contribution in [0.25, 0.3) is 11.8 Å². The van der Waals surface area contributed by atoms with Crippen molar-refractivity contribution in [2.45, 2.75) is 6.18 Å². The van der Waals surface area contributed by atoms with Crippen molar-refractivity contribution in [3.63, 3.8) is 0 Å². The first-order valence-corrected chi connectivity index (χ1v) is 9.50. The molecule has 0 unspecified atom stereocenters. The highest BCUT2D eigenvalue weighted by molar-refractivity contribution is 6.36. The van der Waals surface area contributed by atoms with Crippen LogP contribution in [0.5, 0.6) is 5.88 Å². The molecule has 1 N–H and O–H groups in total. The maximum atomic E-state index is 13.0. The van der Waals surface area contributed by atoms with Gasteiger partial charge in [0.1, 0.15) is 11.3 Å². The SMILES string of the molecule is Cn1c(O)c(/C=C2\N=C(c3ncc(C(F)(F)F)cc3Cl)c3ccccc32)c(=O)n(C)c1=O. The predicted molar refractivity (Wildman–Crippen MR) is 113 cm³/mol. The molecular formula is C21H14ClF3N4O3. The average Bonchev–Trinajstić information content (AvgIpc) is 3.11. The lowest BCUT2D eigenvalue weighted by molar-refractivity contribution is -0.137. The first kappa shape index (κ1) is 21.6. The fourth-order valence-corrected chi connectivity index (χ4v) is 3.59. The molecule has 0 amide bonds. The second-order valence-corrected chi connectivity index (χ2v) is 7.44. The van der Waals surface area contributed by atoms with Gasteiger partial charge in [0.05, 0.1) is 22.0 Å². The summed E-state index contributed by atoms with van der Waals surface area (Å²) in [5, 5.41) is 10.1. The molecule has 0 atom stereocenters. The summed E-state index contributed by atoms with van der Waals surface area (Å²) in [6.45, 7) is 0. The Balaban J connectivity index is 1.93. The summed E-state index contributed by atoms with van der Waals surface area (Å²) in [5.41, 5.74) is -1.01. The van der Waals surface area contributed by atoms with Crippen molar-refractivity contribution >= 4 is 29.1 Å². The normalized spacial score (nSPS) is 14.6. The summed E-state index contributed by atoms with van der Waals surface area (Å²) in [6.07, 6.45) is -2.63. The van der Waals surface area contributed by atoms with E-state index < -0.39 is 28.9 Å². The molecule has 2 aromatic heterocycles. The number of rotatable bonds is 2. The molecule has 1 aliphatic heterocycles. The van der Waals surface area contributed by atoms with Crippen LogP contribution in [0, 0.1) is 0 Å². The molecule has 11 heteroatoms. The molecule has 0 saturated heterocycles. The van der Waals surface area contributed by atoms with Gasteiger partial charge in [0.15, 0.2) is 0 Å². The third-order valence-corrected chi connectivity index (χ3v) is 5.32. The average molecular weight is 463 g/mol. The number of hydrogen-bond acceptors (Lipinski definition) is 5. The summed E-state index contributed by atoms with van der Waals surface area (Å²) in [4.78, 5) is 32.9. The lowest BCUT2D eigenvalue weighted by Gasteiger charge is -2.09. The van der Waals surface area contributed by atoms with Crippen LogP contribution in [-0.2, 0) is 20.3 Å². The Morgan fingerprint density at radius 3 is 2.38 bits per heavy atom. The van der Waals surface area contributed by atoms with Gasteiger partial charge in [0.2, 0.25) is 5.88 Å². The largest absolute Gasteiger partial charge is 0.494 e. The molecule has 4 rings (SSSR count). The second kappa shape index (κ2) is 7.49. The van der Waals surface area contributed by atoms with Gasteiger partial charge in [0, 0.05) is 31.4 Å². The van der Waals surface area contributed by atoms with Crippen molar-refractivity contribution in [1.29, 1.82) is 0 Å². The zero-order valence-electron chi connectivity index (χ0n) is 16.6. The zero-order chi connectivity index (χ0) is 23.4. The molecule has 1 aromatic carbocycles. The number of fused-ring (bicyclic) bond motifs is 1. The lowest BCUT2D eigenvalue weighted by Crippen LogP contribution is -2.37. The van der Waals surface area contributed by atoms with Crippen molar-refractivity contribution in [1.82, 2.24) is 14.1 Å². The van der Waals surface area contributed by atoms with E-state index >= 15 is 0 Å². The van der Waals surface area contributed by atoms with Gasteiger partial charge >= 0.3 is 11.9 Å². The standard InChI is InChI=1S/C21H14ClF3N4O3/c1-28-18(30)13(19(31)29(2)20(28)32)8-15-11-5-3-4-6-12(11)16(27-15)17-14(22)7-10(9-26-17)21(23,24)25/h3-9,30H,1-2H3/b15-8-. The first-order valence-electron chi connectivity index (χ1n) is 9.13. The van der Waals surface area contributed by atoms with Crippen LogP contribution in [0.3, 0.4) is 0 Å². The number of aromatic nitrogens is 3. The van der Waals surface area contributed by atoms with Gasteiger partial charge in [-0.15, -0.1) is 0 Å². The third kappa shape index (κ3) is 3.42. The highest BCUT2D eigenvalue weighted by Gasteiger charge is 2.33. The smallest absolute Gasteiger partial charge is 0.417 e. The monoisotopic (exact) mass is 462 g/mol. The maximum Gasteiger partial charge on any atom is 0.417 e. The Bertz CT molecular complexity index is 1450. The van der Waals surface area contributed by atoms with E-state index in [2.05, 4.69) is 9.98 Å². The van der Waals surface area contributed by atoms with Gasteiger partial charge in [-0.25, -0.2) is 9.79 Å². The molecule has 3 heterocycles. The Hall–Kier alpha value is -3.66. The van der Waals surface area contributed by atoms with Crippen molar-refractivity contribution < 1.29 is 18.3 Å². The highest BCUT2D eigenvalue weighted by Crippen LogP contribution is 2.36. The van der Waals surface area contributed by atoms with E-state index in [1.54, 1.807) is 24.3 Å². The van der Waals surface area contributed by atoms with Gasteiger partial charge in [-0.1, -0.05) is 35.9 Å². The van der Waals surface area contributed by atoms with Gasteiger partial charge < -0.3 is 5.11 Å². The predicted octanol–water partition coefficient (Wildman–Crippen LogP) is 3.21. The summed E-state index contributed by atoms with van der Waals surface area (Å²) >= 11 is 6.11. The fourth-order valence-electron chi connectivity index (χ4n) is 3.33. The van der Waals surface area contributed by atoms with Gasteiger partial charge in [0.25, 0.3) is 5.56 Å². The van der Waals surface area contributed by atoms with Crippen LogP contribution in [0.15, 0.2) is 51.1 Å². The molecule has 0 fully saturated rings. The van der Waals surface area contributed by atoms with Crippen molar-refractivity contribution in [2.75, 3.05) is 0 Å². The number of pyridine rings is 1. The molecule has 0 aliphatic carbocycles. The first-order chi connectivity index (χ1) is 15.0. The molecule has 32 heavy (non-hydrogen) atoms. The molecular weight excluding hydrogens is 449 g/mol. The number of aromatic hydroxyl groups is 1. The van der Waals surface area contributed by atoms with Crippen LogP contribution >= 0.6 is 11.6 Å². The number of benzene rings is 1. The molecule has 1 aliphatic rings. The van der Waals surface area contributed by atoms with E-state index in [0.29, 0.717) is 17.3 Å². The number of alkyl halides is 3. The molecule has 0 saturated carbocycles. The quantitative estimate of drug-likeness (QED) is 0.633. The van der Waals surface area contributed by atoms with Gasteiger partial charge in [-0.2, -0.15) is 13.2 Å². The molecule has 7 nitrogen and oxygen atoms in total. The summed E-state index contributed by atoms with van der Waals surface area (Å²) in [6, 6.07) is 7.57. The van der Waals surface area contributed by atoms with Crippen LogP contribution < -0.4 is 11.2 Å². The van der Waals surface area contributed by atoms with E-state index in [1.165, 1.54) is 20.2 Å². The van der Waals surface area contributed by atoms with Crippen molar-refractivity contribution in [3.05, 3.63) is 90.3 Å². The molecule has 3 aromatic rings. The Kier molecular flexibility index (Phi) is 5.04. The highest BCUT2D eigenvalue weighted by atomic mass is 35.5. The third-order valence-electron chi connectivity index (χ3n) is 5.03. The number of hydrogen-bond donors (Lipinski definition) is 1. The summed E-state index contributed by atoms with van der Waals surface area (Å²) in [7, 11) is 2.58. The van der Waals surface area contributed by atoms with Crippen molar-refractivity contribution in [2.24, 2.45) is 19.1 Å². The molecule has 0 bridgehead atoms. The number of aliphatic imine (C=N–C) groups is 1. The van der Waals surface area contributed by atoms with Crippen LogP contribution in [0.4, 0.5) is 13.2 Å². The minimum Gasteiger partial charge on any atom is -0.494 e. The van der Waals surface area contributed by atoms with Crippen LogP contribution in [-0.4, -0.2) is 24.9 Å². The Morgan fingerprint density at radius 1 is 1.09 bits per heavy atom. The minimum atomic E-state index is -4.60. The van der Waals surface area contributed by atoms with E-state index in [4.69, 9.17) is 11.6 Å². The van der Waals surface area contributed by atoms with Gasteiger partial charge in [-0.05, 0) is 12.1 Å². The molecule has 0 spiro atoms. The second-order valence-electron chi connectivity index (χ2n) is 7.03. The van der Waals surface area contributed by atoms with Gasteiger partial charge in [-0.3, -0.25) is 18.9 Å². The lowest BCUT2D eigenvalue weighted by atomic mass is 10.0. The molecule has 164 valence electrons. The maximum absolute atomic E-state index is 13.0. The van der Waals surface area contributed by atoms with E-state index in [9.17, 15) is 27.9 Å². The molecule has 0 radical (unpaired) electrons. The summed E-state index contributed by atoms with van der Waals surface area (Å²) < 4.78 is 40.7. The van der Waals surface area contributed by atoms with Crippen LogP contribution in [0.2, 0.25) is 5.02 Å². The van der Waals surface area contributed by atoms with E-state index in [-0.39, 0.29) is 27.7 Å². The number of halogens is 4. The van der Waals surface area contributed by atoms with Crippen molar-refractivity contribution in [3.8, 4) is 5.88 Å². The minimum absolute atomic E-state index is 0.0353. The Morgan fingerprint density at radius 2 is 1.75 bits per heavy atom. The van der Waals surface area contributed by atoms with E-state index in [1.807, 2.05) is 0 Å². The topological polar surface area (TPSA) is 89.5 Å².